The van der Waals surface area contributed by atoms with Gasteiger partial charge in [0.1, 0.15) is 5.82 Å². The Hall–Kier alpha value is -0.940. The number of carbonyl (C=O) groups is 1. The van der Waals surface area contributed by atoms with Crippen molar-refractivity contribution in [3.63, 3.8) is 0 Å². The molecular weight excluding hydrogens is 311 g/mol. The first kappa shape index (κ1) is 14.5. The van der Waals surface area contributed by atoms with Crippen LogP contribution >= 0.6 is 15.9 Å². The van der Waals surface area contributed by atoms with Gasteiger partial charge in [0.2, 0.25) is 0 Å². The molecule has 1 aromatic carbocycles. The molecule has 2 N–H and O–H groups in total. The van der Waals surface area contributed by atoms with Crippen LogP contribution in [0.3, 0.4) is 0 Å². The monoisotopic (exact) mass is 328 g/mol. The lowest BCUT2D eigenvalue weighted by atomic mass is 9.93. The molecule has 1 aromatic rings. The van der Waals surface area contributed by atoms with Crippen molar-refractivity contribution in [2.45, 2.75) is 25.8 Å². The first-order valence-corrected chi connectivity index (χ1v) is 7.28. The van der Waals surface area contributed by atoms with Crippen LogP contribution in [-0.2, 0) is 0 Å². The highest BCUT2D eigenvalue weighted by molar-refractivity contribution is 9.10. The average molecular weight is 329 g/mol. The Kier molecular flexibility index (Phi) is 4.58. The maximum absolute atomic E-state index is 13.9. The maximum Gasteiger partial charge on any atom is 0.257 e. The molecule has 2 unspecified atom stereocenters. The van der Waals surface area contributed by atoms with E-state index in [1.54, 1.807) is 11.0 Å². The molecule has 1 amide bonds. The Balaban J connectivity index is 2.22. The van der Waals surface area contributed by atoms with Crippen LogP contribution in [0.15, 0.2) is 22.7 Å². The Morgan fingerprint density at radius 2 is 2.26 bits per heavy atom. The Morgan fingerprint density at radius 3 is 2.89 bits per heavy atom. The summed E-state index contributed by atoms with van der Waals surface area (Å²) in [5.74, 6) is -0.407. The molecule has 3 nitrogen and oxygen atoms in total. The number of carbonyl (C=O) groups excluding carboxylic acids is 1. The van der Waals surface area contributed by atoms with E-state index in [0.29, 0.717) is 23.5 Å². The Labute approximate surface area is 121 Å². The molecular formula is C14H18BrFN2O. The first-order chi connectivity index (χ1) is 9.02. The van der Waals surface area contributed by atoms with Gasteiger partial charge in [-0.25, -0.2) is 4.39 Å². The van der Waals surface area contributed by atoms with Crippen LogP contribution in [0.2, 0.25) is 0 Å². The summed E-state index contributed by atoms with van der Waals surface area (Å²) in [6.07, 6.45) is 1.95. The number of nitrogens with zero attached hydrogens (tertiary/aromatic N) is 1. The van der Waals surface area contributed by atoms with Gasteiger partial charge in [0.15, 0.2) is 0 Å². The van der Waals surface area contributed by atoms with Gasteiger partial charge in [0.25, 0.3) is 5.91 Å². The number of hydrogen-bond donors (Lipinski definition) is 1. The van der Waals surface area contributed by atoms with Gasteiger partial charge in [-0.15, -0.1) is 0 Å². The fourth-order valence-corrected chi connectivity index (χ4v) is 2.81. The first-order valence-electron chi connectivity index (χ1n) is 6.49. The van der Waals surface area contributed by atoms with E-state index < -0.39 is 5.82 Å². The fraction of sp³-hybridized carbons (Fsp3) is 0.500. The van der Waals surface area contributed by atoms with E-state index in [1.807, 2.05) is 6.92 Å². The van der Waals surface area contributed by atoms with E-state index >= 15 is 0 Å². The molecule has 0 radical (unpaired) electrons. The van der Waals surface area contributed by atoms with Gasteiger partial charge in [-0.3, -0.25) is 4.79 Å². The molecule has 19 heavy (non-hydrogen) atoms. The highest BCUT2D eigenvalue weighted by Crippen LogP contribution is 2.24. The predicted octanol–water partition coefficient (Wildman–Crippen LogP) is 2.79. The van der Waals surface area contributed by atoms with Crippen molar-refractivity contribution in [3.05, 3.63) is 34.1 Å². The number of likely N-dealkylation sites (tertiary alicyclic amines) is 1. The summed E-state index contributed by atoms with van der Waals surface area (Å²) in [5, 5.41) is 0. The summed E-state index contributed by atoms with van der Waals surface area (Å²) in [5.41, 5.74) is 5.81. The van der Waals surface area contributed by atoms with Crippen molar-refractivity contribution in [1.29, 1.82) is 0 Å². The van der Waals surface area contributed by atoms with Crippen molar-refractivity contribution in [2.24, 2.45) is 11.7 Å². The third kappa shape index (κ3) is 3.15. The van der Waals surface area contributed by atoms with Crippen LogP contribution in [0.25, 0.3) is 0 Å². The average Bonchev–Trinajstić information content (AvgIpc) is 2.38. The van der Waals surface area contributed by atoms with Crippen molar-refractivity contribution in [1.82, 2.24) is 4.90 Å². The van der Waals surface area contributed by atoms with Gasteiger partial charge >= 0.3 is 0 Å². The third-order valence-corrected chi connectivity index (χ3v) is 4.23. The number of rotatable bonds is 2. The molecule has 2 atom stereocenters. The van der Waals surface area contributed by atoms with E-state index in [2.05, 4.69) is 15.9 Å². The maximum atomic E-state index is 13.9. The van der Waals surface area contributed by atoms with E-state index in [9.17, 15) is 9.18 Å². The molecule has 1 aliphatic heterocycles. The van der Waals surface area contributed by atoms with Crippen LogP contribution in [0.4, 0.5) is 4.39 Å². The fourth-order valence-electron chi connectivity index (χ4n) is 2.48. The summed E-state index contributed by atoms with van der Waals surface area (Å²) >= 11 is 3.19. The number of hydrogen-bond acceptors (Lipinski definition) is 2. The van der Waals surface area contributed by atoms with Gasteiger partial charge in [-0.05, 0) is 50.4 Å². The van der Waals surface area contributed by atoms with E-state index in [0.717, 1.165) is 12.8 Å². The van der Waals surface area contributed by atoms with Crippen molar-refractivity contribution in [2.75, 3.05) is 13.1 Å². The summed E-state index contributed by atoms with van der Waals surface area (Å²) in [6, 6.07) is 4.67. The van der Waals surface area contributed by atoms with Crippen LogP contribution < -0.4 is 5.73 Å². The van der Waals surface area contributed by atoms with Crippen LogP contribution in [-0.4, -0.2) is 29.9 Å². The quantitative estimate of drug-likeness (QED) is 0.907. The predicted molar refractivity (Wildman–Crippen MR) is 76.4 cm³/mol. The number of nitrogens with two attached hydrogens (primary N) is 1. The van der Waals surface area contributed by atoms with Gasteiger partial charge in [0.05, 0.1) is 5.56 Å². The van der Waals surface area contributed by atoms with E-state index in [1.165, 1.54) is 12.1 Å². The Morgan fingerprint density at radius 1 is 1.53 bits per heavy atom. The molecule has 1 aliphatic rings. The standard InChI is InChI=1S/C14H18BrFN2O/c1-9-2-3-10(7-17)8-18(9)14(19)12-5-4-11(15)6-13(12)16/h4-6,9-10H,2-3,7-8,17H2,1H3. The molecule has 5 heteroatoms. The number of piperidine rings is 1. The molecule has 104 valence electrons. The van der Waals surface area contributed by atoms with Crippen LogP contribution in [0, 0.1) is 11.7 Å². The summed E-state index contributed by atoms with van der Waals surface area (Å²) in [7, 11) is 0. The van der Waals surface area contributed by atoms with Crippen LogP contribution in [0.5, 0.6) is 0 Å². The van der Waals surface area contributed by atoms with Crippen LogP contribution in [0.1, 0.15) is 30.1 Å². The Bertz CT molecular complexity index is 481. The lowest BCUT2D eigenvalue weighted by Crippen LogP contribution is -2.47. The molecule has 2 rings (SSSR count). The summed E-state index contributed by atoms with van der Waals surface area (Å²) in [6.45, 7) is 3.19. The van der Waals surface area contributed by atoms with E-state index in [4.69, 9.17) is 5.73 Å². The molecule has 0 saturated carbocycles. The SMILES string of the molecule is CC1CCC(CN)CN1C(=O)c1ccc(Br)cc1F. The molecule has 1 heterocycles. The lowest BCUT2D eigenvalue weighted by molar-refractivity contribution is 0.0562. The minimum Gasteiger partial charge on any atom is -0.336 e. The topological polar surface area (TPSA) is 46.3 Å². The van der Waals surface area contributed by atoms with Crippen molar-refractivity contribution >= 4 is 21.8 Å². The molecule has 0 bridgehead atoms. The molecule has 0 aromatic heterocycles. The second-order valence-corrected chi connectivity index (χ2v) is 6.03. The largest absolute Gasteiger partial charge is 0.336 e. The highest BCUT2D eigenvalue weighted by atomic mass is 79.9. The molecule has 0 spiro atoms. The second kappa shape index (κ2) is 6.01. The van der Waals surface area contributed by atoms with Gasteiger partial charge in [-0.1, -0.05) is 15.9 Å². The smallest absolute Gasteiger partial charge is 0.257 e. The zero-order chi connectivity index (χ0) is 14.0. The second-order valence-electron chi connectivity index (χ2n) is 5.11. The molecule has 1 fully saturated rings. The third-order valence-electron chi connectivity index (χ3n) is 3.74. The summed E-state index contributed by atoms with van der Waals surface area (Å²) in [4.78, 5) is 14.2. The lowest BCUT2D eigenvalue weighted by Gasteiger charge is -2.37. The van der Waals surface area contributed by atoms with Crippen molar-refractivity contribution in [3.8, 4) is 0 Å². The number of amides is 1. The number of halogens is 2. The van der Waals surface area contributed by atoms with Gasteiger partial charge in [0, 0.05) is 17.1 Å². The minimum absolute atomic E-state index is 0.132. The van der Waals surface area contributed by atoms with Crippen molar-refractivity contribution < 1.29 is 9.18 Å². The number of benzene rings is 1. The summed E-state index contributed by atoms with van der Waals surface area (Å²) < 4.78 is 14.5. The normalized spacial score (nSPS) is 23.5. The van der Waals surface area contributed by atoms with Gasteiger partial charge in [-0.2, -0.15) is 0 Å². The minimum atomic E-state index is -0.485. The molecule has 1 saturated heterocycles. The highest BCUT2D eigenvalue weighted by Gasteiger charge is 2.30. The van der Waals surface area contributed by atoms with Gasteiger partial charge < -0.3 is 10.6 Å². The van der Waals surface area contributed by atoms with E-state index in [-0.39, 0.29) is 17.5 Å². The zero-order valence-corrected chi connectivity index (χ0v) is 12.5. The zero-order valence-electron chi connectivity index (χ0n) is 10.9. The molecule has 0 aliphatic carbocycles.